The van der Waals surface area contributed by atoms with Gasteiger partial charge in [-0.25, -0.2) is 4.98 Å². The highest BCUT2D eigenvalue weighted by Gasteiger charge is 2.09. The molecule has 0 amide bonds. The van der Waals surface area contributed by atoms with Crippen LogP contribution in [-0.2, 0) is 6.54 Å². The molecule has 0 spiro atoms. The number of benzene rings is 2. The fourth-order valence-corrected chi connectivity index (χ4v) is 3.62. The molecule has 0 atom stereocenters. The Morgan fingerprint density at radius 3 is 2.50 bits per heavy atom. The molecule has 0 bridgehead atoms. The van der Waals surface area contributed by atoms with E-state index in [2.05, 4.69) is 32.0 Å². The molecule has 0 aliphatic heterocycles. The number of hydrogen-bond donors (Lipinski definition) is 1. The smallest absolute Gasteiger partial charge is 0.161 e. The molecule has 5 heteroatoms. The number of H-pyrrole nitrogens is 1. The van der Waals surface area contributed by atoms with Gasteiger partial charge in [0.15, 0.2) is 3.95 Å². The molecular formula is C19H19N3S2. The Kier molecular flexibility index (Phi) is 5.23. The van der Waals surface area contributed by atoms with Crippen molar-refractivity contribution in [1.29, 1.82) is 0 Å². The van der Waals surface area contributed by atoms with Crippen molar-refractivity contribution in [2.75, 3.05) is 0 Å². The van der Waals surface area contributed by atoms with Gasteiger partial charge in [0.2, 0.25) is 0 Å². The van der Waals surface area contributed by atoms with Crippen LogP contribution in [0.5, 0.6) is 0 Å². The standard InChI is InChI=1S/C17H13N3S2.C2H6/c21-17-20(15(11-22-17)12-6-2-1-3-7-12)10-16-18-13-8-4-5-9-14(13)19-16;1-2/h1-9,11H,10H2,(H,18,19);1-2H3. The predicted octanol–water partition coefficient (Wildman–Crippen LogP) is 5.90. The van der Waals surface area contributed by atoms with Crippen LogP contribution in [0.1, 0.15) is 19.7 Å². The highest BCUT2D eigenvalue weighted by Crippen LogP contribution is 2.24. The molecule has 0 aliphatic rings. The van der Waals surface area contributed by atoms with E-state index in [1.807, 2.05) is 56.3 Å². The number of nitrogens with one attached hydrogen (secondary N) is 1. The Morgan fingerprint density at radius 2 is 1.75 bits per heavy atom. The molecule has 0 fully saturated rings. The van der Waals surface area contributed by atoms with Gasteiger partial charge in [0.25, 0.3) is 0 Å². The summed E-state index contributed by atoms with van der Waals surface area (Å²) in [6.07, 6.45) is 0. The van der Waals surface area contributed by atoms with Crippen molar-refractivity contribution in [2.45, 2.75) is 20.4 Å². The third kappa shape index (κ3) is 3.32. The molecule has 1 N–H and O–H groups in total. The first-order chi connectivity index (χ1) is 11.8. The minimum atomic E-state index is 0.654. The van der Waals surface area contributed by atoms with Gasteiger partial charge in [0.05, 0.1) is 23.3 Å². The fourth-order valence-electron chi connectivity index (χ4n) is 2.54. The number of hydrogen-bond acceptors (Lipinski definition) is 3. The monoisotopic (exact) mass is 353 g/mol. The molecule has 2 aromatic heterocycles. The molecule has 0 aliphatic carbocycles. The van der Waals surface area contributed by atoms with E-state index >= 15 is 0 Å². The van der Waals surface area contributed by atoms with Crippen molar-refractivity contribution >= 4 is 34.6 Å². The lowest BCUT2D eigenvalue weighted by Gasteiger charge is -2.07. The maximum absolute atomic E-state index is 5.49. The SMILES string of the molecule is CC.S=c1scc(-c2ccccc2)n1Cc1nc2ccccc2[nH]1. The van der Waals surface area contributed by atoms with Crippen LogP contribution in [-0.4, -0.2) is 14.5 Å². The zero-order valence-corrected chi connectivity index (χ0v) is 15.3. The largest absolute Gasteiger partial charge is 0.340 e. The first-order valence-corrected chi connectivity index (χ1v) is 9.27. The number of aromatic nitrogens is 3. The second-order valence-electron chi connectivity index (χ2n) is 5.04. The Bertz CT molecular complexity index is 947. The van der Waals surface area contributed by atoms with E-state index in [0.717, 1.165) is 26.5 Å². The van der Waals surface area contributed by atoms with Gasteiger partial charge < -0.3 is 9.55 Å². The summed E-state index contributed by atoms with van der Waals surface area (Å²) in [4.78, 5) is 8.01. The lowest BCUT2D eigenvalue weighted by atomic mass is 10.2. The normalized spacial score (nSPS) is 10.4. The van der Waals surface area contributed by atoms with Gasteiger partial charge >= 0.3 is 0 Å². The summed E-state index contributed by atoms with van der Waals surface area (Å²) in [5.74, 6) is 0.924. The van der Waals surface area contributed by atoms with Crippen LogP contribution < -0.4 is 0 Å². The van der Waals surface area contributed by atoms with Crippen LogP contribution in [0.15, 0.2) is 60.0 Å². The molecule has 2 heterocycles. The molecule has 2 aromatic carbocycles. The van der Waals surface area contributed by atoms with E-state index < -0.39 is 0 Å². The number of imidazole rings is 1. The summed E-state index contributed by atoms with van der Waals surface area (Å²) in [6.45, 7) is 4.65. The Labute approximate surface area is 150 Å². The molecule has 3 nitrogen and oxygen atoms in total. The van der Waals surface area contributed by atoms with Gasteiger partial charge in [-0.3, -0.25) is 0 Å². The Morgan fingerprint density at radius 1 is 1.04 bits per heavy atom. The molecule has 0 saturated carbocycles. The van der Waals surface area contributed by atoms with Gasteiger partial charge in [0.1, 0.15) is 5.82 Å². The minimum absolute atomic E-state index is 0.654. The maximum atomic E-state index is 5.49. The van der Waals surface area contributed by atoms with Crippen LogP contribution in [0.3, 0.4) is 0 Å². The van der Waals surface area contributed by atoms with Crippen LogP contribution >= 0.6 is 23.6 Å². The average Bonchev–Trinajstić information content (AvgIpc) is 3.21. The molecule has 0 unspecified atom stereocenters. The quantitative estimate of drug-likeness (QED) is 0.465. The van der Waals surface area contributed by atoms with Gasteiger partial charge in [0, 0.05) is 5.38 Å². The highest BCUT2D eigenvalue weighted by molar-refractivity contribution is 7.73. The molecule has 0 saturated heterocycles. The predicted molar refractivity (Wildman–Crippen MR) is 105 cm³/mol. The molecular weight excluding hydrogens is 334 g/mol. The number of nitrogens with zero attached hydrogens (tertiary/aromatic N) is 2. The zero-order chi connectivity index (χ0) is 16.9. The summed E-state index contributed by atoms with van der Waals surface area (Å²) < 4.78 is 2.99. The van der Waals surface area contributed by atoms with Crippen molar-refractivity contribution in [3.05, 3.63) is 69.8 Å². The van der Waals surface area contributed by atoms with Gasteiger partial charge in [-0.15, -0.1) is 11.3 Å². The first-order valence-electron chi connectivity index (χ1n) is 7.98. The number of para-hydroxylation sites is 2. The van der Waals surface area contributed by atoms with Crippen LogP contribution in [0.4, 0.5) is 0 Å². The molecule has 4 rings (SSSR count). The van der Waals surface area contributed by atoms with Crippen molar-refractivity contribution in [2.24, 2.45) is 0 Å². The highest BCUT2D eigenvalue weighted by atomic mass is 32.1. The number of rotatable bonds is 3. The summed E-state index contributed by atoms with van der Waals surface area (Å²) in [7, 11) is 0. The van der Waals surface area contributed by atoms with Gasteiger partial charge in [-0.05, 0) is 29.9 Å². The number of thiazole rings is 1. The maximum Gasteiger partial charge on any atom is 0.161 e. The number of aromatic amines is 1. The molecule has 122 valence electrons. The topological polar surface area (TPSA) is 33.6 Å². The van der Waals surface area contributed by atoms with Gasteiger partial charge in [-0.2, -0.15) is 0 Å². The Hall–Kier alpha value is -2.24. The van der Waals surface area contributed by atoms with E-state index in [1.54, 1.807) is 11.3 Å². The number of fused-ring (bicyclic) bond motifs is 1. The third-order valence-corrected chi connectivity index (χ3v) is 4.87. The molecule has 4 aromatic rings. The summed E-state index contributed by atoms with van der Waals surface area (Å²) in [5.41, 5.74) is 4.35. The van der Waals surface area contributed by atoms with E-state index in [4.69, 9.17) is 12.2 Å². The van der Waals surface area contributed by atoms with E-state index in [-0.39, 0.29) is 0 Å². The summed E-state index contributed by atoms with van der Waals surface area (Å²) >= 11 is 7.08. The summed E-state index contributed by atoms with van der Waals surface area (Å²) in [6, 6.07) is 18.4. The Balaban J connectivity index is 0.000000815. The lowest BCUT2D eigenvalue weighted by Crippen LogP contribution is -2.03. The lowest BCUT2D eigenvalue weighted by molar-refractivity contribution is 0.767. The first kappa shape index (κ1) is 16.6. The van der Waals surface area contributed by atoms with Crippen LogP contribution in [0.2, 0.25) is 0 Å². The van der Waals surface area contributed by atoms with Crippen molar-refractivity contribution in [3.8, 4) is 11.3 Å². The fraction of sp³-hybridized carbons (Fsp3) is 0.158. The van der Waals surface area contributed by atoms with Crippen LogP contribution in [0, 0.1) is 3.95 Å². The molecule has 0 radical (unpaired) electrons. The van der Waals surface area contributed by atoms with E-state index in [0.29, 0.717) is 6.54 Å². The van der Waals surface area contributed by atoms with Crippen molar-refractivity contribution in [1.82, 2.24) is 14.5 Å². The average molecular weight is 354 g/mol. The van der Waals surface area contributed by atoms with Crippen LogP contribution in [0.25, 0.3) is 22.3 Å². The van der Waals surface area contributed by atoms with E-state index in [1.165, 1.54) is 5.56 Å². The minimum Gasteiger partial charge on any atom is -0.340 e. The van der Waals surface area contributed by atoms with Gasteiger partial charge in [-0.1, -0.05) is 56.3 Å². The van der Waals surface area contributed by atoms with Crippen molar-refractivity contribution < 1.29 is 0 Å². The second-order valence-corrected chi connectivity index (χ2v) is 6.54. The van der Waals surface area contributed by atoms with E-state index in [9.17, 15) is 0 Å². The summed E-state index contributed by atoms with van der Waals surface area (Å²) in [5, 5.41) is 2.11. The molecule has 24 heavy (non-hydrogen) atoms. The van der Waals surface area contributed by atoms with Crippen molar-refractivity contribution in [3.63, 3.8) is 0 Å². The third-order valence-electron chi connectivity index (χ3n) is 3.60. The second kappa shape index (κ2) is 7.55. The zero-order valence-electron chi connectivity index (χ0n) is 13.7.